The zero-order valence-electron chi connectivity index (χ0n) is 14.2. The summed E-state index contributed by atoms with van der Waals surface area (Å²) in [4.78, 5) is 2.60. The highest BCUT2D eigenvalue weighted by Gasteiger charge is 2.09. The molecule has 19 heavy (non-hydrogen) atoms. The van der Waals surface area contributed by atoms with Crippen LogP contribution in [0.25, 0.3) is 0 Å². The predicted octanol–water partition coefficient (Wildman–Crippen LogP) is 4.30. The van der Waals surface area contributed by atoms with E-state index in [9.17, 15) is 0 Å². The lowest BCUT2D eigenvalue weighted by molar-refractivity contribution is 0.231. The second-order valence-electron chi connectivity index (χ2n) is 5.93. The van der Waals surface area contributed by atoms with Crippen LogP contribution in [0, 0.1) is 5.92 Å². The molecule has 1 unspecified atom stereocenters. The molecular formula is C17H38N2. The number of unbranched alkanes of at least 4 members (excludes halogenated alkanes) is 2. The monoisotopic (exact) mass is 270 g/mol. The van der Waals surface area contributed by atoms with Crippen molar-refractivity contribution >= 4 is 0 Å². The van der Waals surface area contributed by atoms with Crippen molar-refractivity contribution in [3.63, 3.8) is 0 Å². The lowest BCUT2D eigenvalue weighted by Gasteiger charge is -2.26. The second kappa shape index (κ2) is 12.9. The average Bonchev–Trinajstić information content (AvgIpc) is 2.43. The fraction of sp³-hybridized carbons (Fsp3) is 1.00. The van der Waals surface area contributed by atoms with Crippen LogP contribution in [-0.2, 0) is 0 Å². The van der Waals surface area contributed by atoms with Crippen molar-refractivity contribution < 1.29 is 0 Å². The molecule has 1 atom stereocenters. The number of hydrogen-bond donors (Lipinski definition) is 1. The highest BCUT2D eigenvalue weighted by Crippen LogP contribution is 2.09. The average molecular weight is 271 g/mol. The number of likely N-dealkylation sites (N-methyl/N-ethyl adjacent to an activating group) is 1. The maximum Gasteiger partial charge on any atom is 0.0107 e. The first-order valence-electron chi connectivity index (χ1n) is 8.63. The molecule has 0 bridgehead atoms. The van der Waals surface area contributed by atoms with Crippen LogP contribution in [0.4, 0.5) is 0 Å². The first-order valence-corrected chi connectivity index (χ1v) is 8.63. The van der Waals surface area contributed by atoms with Gasteiger partial charge in [0.15, 0.2) is 0 Å². The normalized spacial score (nSPS) is 13.4. The molecule has 2 heteroatoms. The van der Waals surface area contributed by atoms with Crippen LogP contribution >= 0.6 is 0 Å². The van der Waals surface area contributed by atoms with Crippen LogP contribution in [0.15, 0.2) is 0 Å². The van der Waals surface area contributed by atoms with Crippen LogP contribution in [0.2, 0.25) is 0 Å². The lowest BCUT2D eigenvalue weighted by atomic mass is 10.0. The highest BCUT2D eigenvalue weighted by atomic mass is 15.1. The third-order valence-electron chi connectivity index (χ3n) is 4.28. The number of nitrogens with zero attached hydrogens (tertiary/aromatic N) is 1. The quantitative estimate of drug-likeness (QED) is 0.502. The maximum absolute atomic E-state index is 3.67. The van der Waals surface area contributed by atoms with Crippen molar-refractivity contribution in [1.29, 1.82) is 0 Å². The van der Waals surface area contributed by atoms with Crippen molar-refractivity contribution in [1.82, 2.24) is 10.2 Å². The Balaban J connectivity index is 3.70. The molecule has 0 radical (unpaired) electrons. The largest absolute Gasteiger partial charge is 0.313 e. The summed E-state index contributed by atoms with van der Waals surface area (Å²) in [7, 11) is 0. The minimum atomic E-state index is 0.679. The van der Waals surface area contributed by atoms with Gasteiger partial charge in [0, 0.05) is 25.7 Å². The summed E-state index contributed by atoms with van der Waals surface area (Å²) in [5, 5.41) is 3.67. The van der Waals surface area contributed by atoms with E-state index in [1.54, 1.807) is 0 Å². The van der Waals surface area contributed by atoms with Crippen molar-refractivity contribution in [3.8, 4) is 0 Å². The Labute approximate surface area is 122 Å². The zero-order chi connectivity index (χ0) is 14.5. The van der Waals surface area contributed by atoms with Gasteiger partial charge in [-0.25, -0.2) is 0 Å². The molecular weight excluding hydrogens is 232 g/mol. The standard InChI is InChI=1S/C17H38N2/c1-6-10-11-12-16(5)18-13-14-19(9-4)15-17(7-2)8-3/h16-18H,6-15H2,1-5H3. The summed E-state index contributed by atoms with van der Waals surface area (Å²) >= 11 is 0. The number of rotatable bonds is 13. The maximum atomic E-state index is 3.67. The summed E-state index contributed by atoms with van der Waals surface area (Å²) < 4.78 is 0. The fourth-order valence-electron chi connectivity index (χ4n) is 2.56. The first kappa shape index (κ1) is 18.9. The van der Waals surface area contributed by atoms with Crippen LogP contribution < -0.4 is 5.32 Å². The van der Waals surface area contributed by atoms with Crippen LogP contribution in [-0.4, -0.2) is 37.1 Å². The molecule has 0 aliphatic heterocycles. The molecule has 0 aliphatic rings. The molecule has 1 N–H and O–H groups in total. The molecule has 0 spiro atoms. The molecule has 0 saturated carbocycles. The number of hydrogen-bond acceptors (Lipinski definition) is 2. The van der Waals surface area contributed by atoms with E-state index in [0.717, 1.165) is 12.5 Å². The Morgan fingerprint density at radius 1 is 1.00 bits per heavy atom. The smallest absolute Gasteiger partial charge is 0.0107 e. The molecule has 0 aromatic rings. The van der Waals surface area contributed by atoms with Crippen molar-refractivity contribution in [2.75, 3.05) is 26.2 Å². The Morgan fingerprint density at radius 2 is 1.68 bits per heavy atom. The molecule has 0 saturated heterocycles. The van der Waals surface area contributed by atoms with Gasteiger partial charge in [-0.3, -0.25) is 0 Å². The van der Waals surface area contributed by atoms with Gasteiger partial charge >= 0.3 is 0 Å². The first-order chi connectivity index (χ1) is 9.17. The summed E-state index contributed by atoms with van der Waals surface area (Å²) in [5.41, 5.74) is 0. The second-order valence-corrected chi connectivity index (χ2v) is 5.93. The van der Waals surface area contributed by atoms with E-state index in [-0.39, 0.29) is 0 Å². The Bertz CT molecular complexity index is 178. The van der Waals surface area contributed by atoms with Crippen LogP contribution in [0.3, 0.4) is 0 Å². The molecule has 0 heterocycles. The number of nitrogens with one attached hydrogen (secondary N) is 1. The minimum Gasteiger partial charge on any atom is -0.313 e. The predicted molar refractivity (Wildman–Crippen MR) is 87.8 cm³/mol. The topological polar surface area (TPSA) is 15.3 Å². The summed E-state index contributed by atoms with van der Waals surface area (Å²) in [6, 6.07) is 0.679. The van der Waals surface area contributed by atoms with Gasteiger partial charge in [-0.05, 0) is 25.8 Å². The molecule has 116 valence electrons. The van der Waals surface area contributed by atoms with E-state index in [0.29, 0.717) is 6.04 Å². The van der Waals surface area contributed by atoms with E-state index in [4.69, 9.17) is 0 Å². The highest BCUT2D eigenvalue weighted by molar-refractivity contribution is 4.66. The fourth-order valence-corrected chi connectivity index (χ4v) is 2.56. The van der Waals surface area contributed by atoms with Gasteiger partial charge in [0.2, 0.25) is 0 Å². The van der Waals surface area contributed by atoms with Gasteiger partial charge in [-0.2, -0.15) is 0 Å². The van der Waals surface area contributed by atoms with E-state index in [1.165, 1.54) is 58.2 Å². The van der Waals surface area contributed by atoms with Gasteiger partial charge < -0.3 is 10.2 Å². The zero-order valence-corrected chi connectivity index (χ0v) is 14.2. The summed E-state index contributed by atoms with van der Waals surface area (Å²) in [6.07, 6.45) is 8.03. The van der Waals surface area contributed by atoms with Crippen molar-refractivity contribution in [2.45, 2.75) is 79.2 Å². The van der Waals surface area contributed by atoms with E-state index in [1.807, 2.05) is 0 Å². The third kappa shape index (κ3) is 10.4. The van der Waals surface area contributed by atoms with E-state index < -0.39 is 0 Å². The molecule has 0 rings (SSSR count). The summed E-state index contributed by atoms with van der Waals surface area (Å²) in [5.74, 6) is 0.877. The molecule has 0 aliphatic carbocycles. The minimum absolute atomic E-state index is 0.679. The molecule has 0 amide bonds. The van der Waals surface area contributed by atoms with E-state index in [2.05, 4.69) is 44.8 Å². The molecule has 0 aromatic heterocycles. The van der Waals surface area contributed by atoms with Crippen molar-refractivity contribution in [2.24, 2.45) is 5.92 Å². The van der Waals surface area contributed by atoms with Crippen LogP contribution in [0.5, 0.6) is 0 Å². The van der Waals surface area contributed by atoms with Crippen LogP contribution in [0.1, 0.15) is 73.1 Å². The Kier molecular flexibility index (Phi) is 12.9. The van der Waals surface area contributed by atoms with E-state index >= 15 is 0 Å². The van der Waals surface area contributed by atoms with Gasteiger partial charge in [-0.1, -0.05) is 59.8 Å². The molecule has 2 nitrogen and oxygen atoms in total. The third-order valence-corrected chi connectivity index (χ3v) is 4.28. The van der Waals surface area contributed by atoms with Gasteiger partial charge in [0.1, 0.15) is 0 Å². The lowest BCUT2D eigenvalue weighted by Crippen LogP contribution is -2.38. The summed E-state index contributed by atoms with van der Waals surface area (Å²) in [6.45, 7) is 16.3. The Morgan fingerprint density at radius 3 is 2.21 bits per heavy atom. The van der Waals surface area contributed by atoms with Gasteiger partial charge in [0.05, 0.1) is 0 Å². The van der Waals surface area contributed by atoms with Gasteiger partial charge in [-0.15, -0.1) is 0 Å². The SMILES string of the molecule is CCCCCC(C)NCCN(CC)CC(CC)CC. The van der Waals surface area contributed by atoms with Crippen molar-refractivity contribution in [3.05, 3.63) is 0 Å². The Hall–Kier alpha value is -0.0800. The molecule has 0 aromatic carbocycles. The van der Waals surface area contributed by atoms with Gasteiger partial charge in [0.25, 0.3) is 0 Å². The molecule has 0 fully saturated rings.